The second kappa shape index (κ2) is 6.68. The minimum absolute atomic E-state index is 0.0716. The number of likely N-dealkylation sites (N-methyl/N-ethyl adjacent to an activating group) is 1. The number of nitrogens with one attached hydrogen (secondary N) is 1. The van der Waals surface area contributed by atoms with Crippen molar-refractivity contribution in [2.75, 3.05) is 26.0 Å². The van der Waals surface area contributed by atoms with E-state index in [-0.39, 0.29) is 22.6 Å². The van der Waals surface area contributed by atoms with Crippen molar-refractivity contribution in [2.24, 2.45) is 5.92 Å². The zero-order valence-corrected chi connectivity index (χ0v) is 12.3. The van der Waals surface area contributed by atoms with E-state index in [2.05, 4.69) is 24.1 Å². The third-order valence-corrected chi connectivity index (χ3v) is 2.93. The molecular weight excluding hydrogens is 268 g/mol. The maximum Gasteiger partial charge on any atom is 0.312 e. The van der Waals surface area contributed by atoms with E-state index < -0.39 is 4.92 Å². The Hall–Kier alpha value is -1.40. The van der Waals surface area contributed by atoms with Crippen LogP contribution in [0.5, 0.6) is 0 Å². The molecule has 6 nitrogen and oxygen atoms in total. The number of nitro groups is 1. The van der Waals surface area contributed by atoms with E-state index in [0.29, 0.717) is 5.92 Å². The highest BCUT2D eigenvalue weighted by molar-refractivity contribution is 6.30. The van der Waals surface area contributed by atoms with Crippen LogP contribution in [0.3, 0.4) is 0 Å². The van der Waals surface area contributed by atoms with Gasteiger partial charge in [0.15, 0.2) is 0 Å². The number of hydrogen-bond acceptors (Lipinski definition) is 5. The molecule has 0 aliphatic carbocycles. The lowest BCUT2D eigenvalue weighted by atomic mass is 10.0. The van der Waals surface area contributed by atoms with Crippen LogP contribution < -0.4 is 5.32 Å². The van der Waals surface area contributed by atoms with Gasteiger partial charge >= 0.3 is 5.69 Å². The lowest BCUT2D eigenvalue weighted by Gasteiger charge is -2.25. The van der Waals surface area contributed by atoms with E-state index >= 15 is 0 Å². The van der Waals surface area contributed by atoms with Crippen LogP contribution in [0.1, 0.15) is 13.8 Å². The summed E-state index contributed by atoms with van der Waals surface area (Å²) in [6.07, 6.45) is 1.41. The van der Waals surface area contributed by atoms with Crippen LogP contribution in [0, 0.1) is 16.0 Å². The van der Waals surface area contributed by atoms with Gasteiger partial charge in [0.25, 0.3) is 0 Å². The maximum absolute atomic E-state index is 11.0. The minimum Gasteiger partial charge on any atom is -0.360 e. The molecule has 1 atom stereocenters. The summed E-state index contributed by atoms with van der Waals surface area (Å²) in [7, 11) is 3.92. The van der Waals surface area contributed by atoms with Crippen LogP contribution in [0.15, 0.2) is 12.3 Å². The molecule has 0 fully saturated rings. The van der Waals surface area contributed by atoms with Gasteiger partial charge in [0, 0.05) is 24.8 Å². The predicted octanol–water partition coefficient (Wildman–Crippen LogP) is 2.64. The molecule has 1 rings (SSSR count). The van der Waals surface area contributed by atoms with Crippen LogP contribution in [0.25, 0.3) is 0 Å². The van der Waals surface area contributed by atoms with E-state index in [1.54, 1.807) is 0 Å². The first-order valence-electron chi connectivity index (χ1n) is 6.02. The smallest absolute Gasteiger partial charge is 0.312 e. The van der Waals surface area contributed by atoms with Crippen LogP contribution >= 0.6 is 11.6 Å². The molecule has 0 spiro atoms. The molecule has 0 radical (unpaired) electrons. The molecule has 0 saturated heterocycles. The van der Waals surface area contributed by atoms with Crippen LogP contribution in [0.2, 0.25) is 5.02 Å². The van der Waals surface area contributed by atoms with Gasteiger partial charge in [0.1, 0.15) is 0 Å². The molecule has 1 heterocycles. The molecule has 0 aliphatic rings. The minimum atomic E-state index is -0.478. The third-order valence-electron chi connectivity index (χ3n) is 2.72. The SMILES string of the molecule is CC(C)C(CN(C)C)Nc1ncc(Cl)cc1[N+](=O)[O-]. The van der Waals surface area contributed by atoms with Gasteiger partial charge in [-0.15, -0.1) is 0 Å². The largest absolute Gasteiger partial charge is 0.360 e. The van der Waals surface area contributed by atoms with Gasteiger partial charge in [-0.25, -0.2) is 4.98 Å². The van der Waals surface area contributed by atoms with E-state index in [4.69, 9.17) is 11.6 Å². The average Bonchev–Trinajstić information content (AvgIpc) is 2.29. The van der Waals surface area contributed by atoms with Crippen molar-refractivity contribution in [1.29, 1.82) is 0 Å². The molecule has 1 N–H and O–H groups in total. The number of hydrogen-bond donors (Lipinski definition) is 1. The second-order valence-corrected chi connectivity index (χ2v) is 5.47. The van der Waals surface area contributed by atoms with Gasteiger partial charge < -0.3 is 10.2 Å². The highest BCUT2D eigenvalue weighted by Crippen LogP contribution is 2.26. The summed E-state index contributed by atoms with van der Waals surface area (Å²) >= 11 is 5.74. The number of nitrogens with zero attached hydrogens (tertiary/aromatic N) is 3. The fraction of sp³-hybridized carbons (Fsp3) is 0.583. The number of rotatable bonds is 6. The lowest BCUT2D eigenvalue weighted by molar-refractivity contribution is -0.384. The van der Waals surface area contributed by atoms with Gasteiger partial charge in [-0.3, -0.25) is 10.1 Å². The molecule has 0 aromatic carbocycles. The Labute approximate surface area is 117 Å². The fourth-order valence-electron chi connectivity index (χ4n) is 1.67. The van der Waals surface area contributed by atoms with Gasteiger partial charge in [0.05, 0.1) is 9.95 Å². The number of anilines is 1. The monoisotopic (exact) mass is 286 g/mol. The highest BCUT2D eigenvalue weighted by Gasteiger charge is 2.21. The first kappa shape index (κ1) is 15.7. The van der Waals surface area contributed by atoms with Crippen molar-refractivity contribution in [1.82, 2.24) is 9.88 Å². The summed E-state index contributed by atoms with van der Waals surface area (Å²) in [6.45, 7) is 4.88. The van der Waals surface area contributed by atoms with Crippen molar-refractivity contribution in [3.63, 3.8) is 0 Å². The first-order valence-corrected chi connectivity index (χ1v) is 6.40. The molecule has 0 bridgehead atoms. The Morgan fingerprint density at radius 2 is 2.16 bits per heavy atom. The van der Waals surface area contributed by atoms with E-state index in [9.17, 15) is 10.1 Å². The summed E-state index contributed by atoms with van der Waals surface area (Å²) in [6, 6.07) is 1.38. The molecule has 1 unspecified atom stereocenters. The Bertz CT molecular complexity index is 451. The van der Waals surface area contributed by atoms with Gasteiger partial charge in [-0.05, 0) is 20.0 Å². The Balaban J connectivity index is 2.99. The molecule has 106 valence electrons. The van der Waals surface area contributed by atoms with Gasteiger partial charge in [-0.1, -0.05) is 25.4 Å². The summed E-state index contributed by atoms with van der Waals surface area (Å²) in [5.74, 6) is 0.578. The molecule has 0 amide bonds. The Kier molecular flexibility index (Phi) is 5.50. The maximum atomic E-state index is 11.0. The molecule has 7 heteroatoms. The lowest BCUT2D eigenvalue weighted by Crippen LogP contribution is -2.36. The topological polar surface area (TPSA) is 71.3 Å². The van der Waals surface area contributed by atoms with Crippen molar-refractivity contribution < 1.29 is 4.92 Å². The van der Waals surface area contributed by atoms with E-state index in [0.717, 1.165) is 6.54 Å². The fourth-order valence-corrected chi connectivity index (χ4v) is 1.82. The Morgan fingerprint density at radius 3 is 2.63 bits per heavy atom. The molecule has 1 aromatic rings. The molecule has 1 aromatic heterocycles. The Morgan fingerprint density at radius 1 is 1.53 bits per heavy atom. The van der Waals surface area contributed by atoms with Crippen molar-refractivity contribution >= 4 is 23.1 Å². The van der Waals surface area contributed by atoms with Gasteiger partial charge in [-0.2, -0.15) is 0 Å². The summed E-state index contributed by atoms with van der Waals surface area (Å²) < 4.78 is 0. The number of halogens is 1. The molecule has 19 heavy (non-hydrogen) atoms. The summed E-state index contributed by atoms with van der Waals surface area (Å²) in [4.78, 5) is 16.6. The van der Waals surface area contributed by atoms with Crippen molar-refractivity contribution in [2.45, 2.75) is 19.9 Å². The molecular formula is C12H19ClN4O2. The molecule has 0 saturated carbocycles. The summed E-state index contributed by atoms with van der Waals surface area (Å²) in [5, 5.41) is 14.4. The first-order chi connectivity index (χ1) is 8.81. The second-order valence-electron chi connectivity index (χ2n) is 5.04. The normalized spacial score (nSPS) is 12.8. The van der Waals surface area contributed by atoms with E-state index in [1.165, 1.54) is 12.3 Å². The summed E-state index contributed by atoms with van der Waals surface area (Å²) in [5.41, 5.74) is -0.100. The van der Waals surface area contributed by atoms with E-state index in [1.807, 2.05) is 19.0 Å². The zero-order valence-electron chi connectivity index (χ0n) is 11.6. The zero-order chi connectivity index (χ0) is 14.6. The van der Waals surface area contributed by atoms with Gasteiger partial charge in [0.2, 0.25) is 5.82 Å². The standard InChI is InChI=1S/C12H19ClN4O2/c1-8(2)10(7-16(3)4)15-12-11(17(18)19)5-9(13)6-14-12/h5-6,8,10H,7H2,1-4H3,(H,14,15). The third kappa shape index (κ3) is 4.65. The quantitative estimate of drug-likeness (QED) is 0.643. The van der Waals surface area contributed by atoms with Crippen LogP contribution in [0.4, 0.5) is 11.5 Å². The highest BCUT2D eigenvalue weighted by atomic mass is 35.5. The van der Waals surface area contributed by atoms with Crippen molar-refractivity contribution in [3.8, 4) is 0 Å². The average molecular weight is 287 g/mol. The number of aromatic nitrogens is 1. The molecule has 0 aliphatic heterocycles. The van der Waals surface area contributed by atoms with Crippen LogP contribution in [-0.2, 0) is 0 Å². The number of pyridine rings is 1. The predicted molar refractivity (Wildman–Crippen MR) is 76.7 cm³/mol. The van der Waals surface area contributed by atoms with Crippen LogP contribution in [-0.4, -0.2) is 41.5 Å². The van der Waals surface area contributed by atoms with Crippen molar-refractivity contribution in [3.05, 3.63) is 27.4 Å².